The van der Waals surface area contributed by atoms with E-state index in [4.69, 9.17) is 26.1 Å². The van der Waals surface area contributed by atoms with Gasteiger partial charge >= 0.3 is 65.1 Å². The number of hydrogen-bond acceptors (Lipinski definition) is 4. The fourth-order valence-electron chi connectivity index (χ4n) is 0.654. The first kappa shape index (κ1) is 17.9. The van der Waals surface area contributed by atoms with Gasteiger partial charge in [0, 0.05) is 0 Å². The molecule has 0 atom stereocenters. The van der Waals surface area contributed by atoms with E-state index in [9.17, 15) is 4.79 Å². The van der Waals surface area contributed by atoms with E-state index in [1.54, 1.807) is 12.1 Å². The Hall–Kier alpha value is -0.458. The second-order valence-corrected chi connectivity index (χ2v) is 3.67. The molecule has 1 rings (SSSR count). The Morgan fingerprint density at radius 1 is 1.12 bits per heavy atom. The summed E-state index contributed by atoms with van der Waals surface area (Å²) >= 11 is -5.25. The Bertz CT molecular complexity index is 434. The van der Waals surface area contributed by atoms with Crippen LogP contribution in [0.2, 0.25) is 0 Å². The monoisotopic (exact) mass is 280 g/mol. The van der Waals surface area contributed by atoms with Gasteiger partial charge < -0.3 is 10.2 Å². The van der Waals surface area contributed by atoms with Gasteiger partial charge in [0.05, 0.1) is 0 Å². The fraction of sp³-hybridized carbons (Fsp3) is 0. The molecule has 9 heteroatoms. The number of carboxylic acid groups (broad SMARTS) is 1. The maximum absolute atomic E-state index is 10.3. The molecule has 4 N–H and O–H groups in total. The van der Waals surface area contributed by atoms with Crippen molar-refractivity contribution < 1.29 is 44.5 Å². The van der Waals surface area contributed by atoms with Crippen LogP contribution in [0.25, 0.3) is 0 Å². The maximum atomic E-state index is 10.3. The first-order valence-corrected chi connectivity index (χ1v) is 5.61. The average molecular weight is 280 g/mol. The van der Waals surface area contributed by atoms with Crippen molar-refractivity contribution in [2.24, 2.45) is 0 Å². The summed E-state index contributed by atoms with van der Waals surface area (Å²) in [7, 11) is 0. The summed E-state index contributed by atoms with van der Waals surface area (Å²) in [6.45, 7) is 0. The molecular weight excluding hydrogens is 271 g/mol. The predicted octanol–water partition coefficient (Wildman–Crippen LogP) is -0.912. The quantitative estimate of drug-likeness (QED) is 0.489. The molecule has 0 unspecified atom stereocenters. The molecule has 1 aromatic carbocycles. The van der Waals surface area contributed by atoms with Gasteiger partial charge in [-0.05, 0) is 12.1 Å². The van der Waals surface area contributed by atoms with Crippen molar-refractivity contribution in [3.63, 3.8) is 0 Å². The number of benzene rings is 1. The Balaban J connectivity index is 0. The van der Waals surface area contributed by atoms with Crippen LogP contribution < -0.4 is 0 Å². The minimum absolute atomic E-state index is 0. The van der Waals surface area contributed by atoms with Crippen LogP contribution in [0.3, 0.4) is 0 Å². The molecule has 7 nitrogen and oxygen atoms in total. The molecule has 0 aliphatic carbocycles. The van der Waals surface area contributed by atoms with Crippen LogP contribution in [0.4, 0.5) is 0 Å². The first-order valence-electron chi connectivity index (χ1n) is 3.43. The summed E-state index contributed by atoms with van der Waals surface area (Å²) in [6.07, 6.45) is 0. The standard InChI is InChI=1S/C7H6O3.Cr.Na.2H2O.2O.H/c8-6-4-2-1-3-5(6)7(9)10;;;;;;;/h1-4,8H,(H,9,10);;;2*1H2;;;/q;+2;;;;;;/p-2. The number of para-hydroxylation sites is 1. The number of carbonyl (C=O) groups is 1. The van der Waals surface area contributed by atoms with Crippen LogP contribution in [0.5, 0.6) is 5.75 Å². The van der Waals surface area contributed by atoms with Crippen molar-refractivity contribution in [2.45, 2.75) is 0 Å². The summed E-state index contributed by atoms with van der Waals surface area (Å²) in [4.78, 5) is 10.3. The molecule has 0 aromatic heterocycles. The van der Waals surface area contributed by atoms with E-state index in [2.05, 4.69) is 0 Å². The van der Waals surface area contributed by atoms with Crippen LogP contribution in [0, 0.1) is 0 Å². The second kappa shape index (κ2) is 7.76. The van der Waals surface area contributed by atoms with Crippen molar-refractivity contribution in [1.29, 1.82) is 0 Å². The number of aromatic carboxylic acids is 1. The topological polar surface area (TPSA) is 132 Å². The van der Waals surface area contributed by atoms with Crippen molar-refractivity contribution >= 4 is 35.5 Å². The average Bonchev–Trinajstić information content (AvgIpc) is 2.01. The molecule has 0 radical (unpaired) electrons. The van der Waals surface area contributed by atoms with Crippen molar-refractivity contribution in [2.75, 3.05) is 0 Å². The zero-order chi connectivity index (χ0) is 12.1. The minimum atomic E-state index is -5.25. The zero-order valence-corrected chi connectivity index (χ0v) is 8.51. The van der Waals surface area contributed by atoms with Crippen LogP contribution in [0.1, 0.15) is 10.4 Å². The number of carboxylic acids is 1. The van der Waals surface area contributed by atoms with Gasteiger partial charge in [-0.1, -0.05) is 12.1 Å². The summed E-state index contributed by atoms with van der Waals surface area (Å²) in [5.74, 6) is -1.31. The number of hydrogen-bond donors (Lipinski definition) is 4. The molecule has 0 saturated heterocycles. The molecule has 0 fully saturated rings. The molecule has 0 aliphatic rings. The molecule has 0 saturated carbocycles. The Labute approximate surface area is 115 Å². The molecule has 0 bridgehead atoms. The summed E-state index contributed by atoms with van der Waals surface area (Å²) in [5, 5.41) is 17.3. The van der Waals surface area contributed by atoms with Gasteiger partial charge in [0.2, 0.25) is 0 Å². The number of aromatic hydroxyl groups is 1. The third-order valence-electron chi connectivity index (χ3n) is 1.13. The SMILES string of the molecule is O=C(O)c1ccccc1O.[NaH].[O]=[Cr](=[O])([OH])[OH]. The third-order valence-corrected chi connectivity index (χ3v) is 1.13. The van der Waals surface area contributed by atoms with E-state index in [1.807, 2.05) is 0 Å². The first-order chi connectivity index (χ1) is 6.72. The van der Waals surface area contributed by atoms with Crippen LogP contribution in [0.15, 0.2) is 24.3 Å². The van der Waals surface area contributed by atoms with Crippen molar-refractivity contribution in [1.82, 2.24) is 0 Å². The van der Waals surface area contributed by atoms with Crippen LogP contribution in [-0.4, -0.2) is 54.1 Å². The molecule has 1 aromatic rings. The normalized spacial score (nSPS) is 9.38. The number of phenols is 1. The number of rotatable bonds is 1. The van der Waals surface area contributed by atoms with Gasteiger partial charge in [-0.2, -0.15) is 0 Å². The van der Waals surface area contributed by atoms with E-state index in [0.717, 1.165) is 0 Å². The van der Waals surface area contributed by atoms with E-state index >= 15 is 0 Å². The molecule has 0 aliphatic heterocycles. The third kappa shape index (κ3) is 10.1. The van der Waals surface area contributed by atoms with Gasteiger partial charge in [-0.25, -0.2) is 4.79 Å². The summed E-state index contributed by atoms with van der Waals surface area (Å²) in [5.41, 5.74) is -0.0671. The van der Waals surface area contributed by atoms with Gasteiger partial charge in [0.1, 0.15) is 11.3 Å². The van der Waals surface area contributed by atoms with E-state index in [1.165, 1.54) is 12.1 Å². The van der Waals surface area contributed by atoms with Gasteiger partial charge in [-0.3, -0.25) is 0 Å². The van der Waals surface area contributed by atoms with E-state index < -0.39 is 19.6 Å². The molecule has 16 heavy (non-hydrogen) atoms. The Morgan fingerprint density at radius 3 is 1.75 bits per heavy atom. The molecule has 0 spiro atoms. The molecule has 0 amide bonds. The van der Waals surface area contributed by atoms with E-state index in [-0.39, 0.29) is 40.9 Å². The second-order valence-electron chi connectivity index (χ2n) is 2.27. The van der Waals surface area contributed by atoms with Crippen LogP contribution in [-0.2, 0) is 21.2 Å². The molecule has 86 valence electrons. The summed E-state index contributed by atoms with van der Waals surface area (Å²) < 4.78 is 31.9. The van der Waals surface area contributed by atoms with Gasteiger partial charge in [0.15, 0.2) is 0 Å². The predicted molar refractivity (Wildman–Crippen MR) is 48.0 cm³/mol. The van der Waals surface area contributed by atoms with Crippen molar-refractivity contribution in [3.8, 4) is 5.75 Å². The Kier molecular flexibility index (Phi) is 8.69. The van der Waals surface area contributed by atoms with E-state index in [0.29, 0.717) is 0 Å². The fourth-order valence-corrected chi connectivity index (χ4v) is 0.654. The summed E-state index contributed by atoms with van der Waals surface area (Å²) in [6, 6.07) is 5.81. The van der Waals surface area contributed by atoms with Crippen molar-refractivity contribution in [3.05, 3.63) is 29.8 Å². The molecule has 0 heterocycles. The van der Waals surface area contributed by atoms with Crippen LogP contribution >= 0.6 is 0 Å². The Morgan fingerprint density at radius 2 is 1.50 bits per heavy atom. The molecular formula is C7H9CrNaO7. The van der Waals surface area contributed by atoms with Gasteiger partial charge in [-0.15, -0.1) is 0 Å². The zero-order valence-electron chi connectivity index (χ0n) is 7.23. The van der Waals surface area contributed by atoms with Gasteiger partial charge in [0.25, 0.3) is 0 Å².